The van der Waals surface area contributed by atoms with E-state index in [0.717, 1.165) is 5.39 Å². The molecule has 2 atom stereocenters. The van der Waals surface area contributed by atoms with Crippen LogP contribution in [-0.4, -0.2) is 29.6 Å². The number of nitrogens with two attached hydrogens (primary N) is 1. The van der Waals surface area contributed by atoms with Crippen LogP contribution >= 0.6 is 0 Å². The molecule has 0 saturated heterocycles. The van der Waals surface area contributed by atoms with Crippen LogP contribution < -0.4 is 10.5 Å². The number of ketones is 1. The first-order valence-corrected chi connectivity index (χ1v) is 7.00. The second-order valence-electron chi connectivity index (χ2n) is 5.54. The Balaban J connectivity index is 2.17. The minimum Gasteiger partial charge on any atom is -0.487 e. The normalized spacial score (nSPS) is 14.4. The zero-order valence-electron chi connectivity index (χ0n) is 12.5. The molecule has 3 N–H and O–H groups in total. The number of carbonyl (C=O) groups excluding carboxylic acids is 1. The second-order valence-corrected chi connectivity index (χ2v) is 5.54. The topological polar surface area (TPSA) is 85.7 Å². The van der Waals surface area contributed by atoms with Gasteiger partial charge in [0.2, 0.25) is 0 Å². The van der Waals surface area contributed by atoms with Gasteiger partial charge in [-0.05, 0) is 18.1 Å². The quantitative estimate of drug-likeness (QED) is 0.798. The zero-order valence-corrected chi connectivity index (χ0v) is 12.5. The third-order valence-electron chi connectivity index (χ3n) is 3.48. The molecule has 0 fully saturated rings. The van der Waals surface area contributed by atoms with E-state index >= 15 is 0 Å². The van der Waals surface area contributed by atoms with Crippen LogP contribution in [0.3, 0.4) is 0 Å². The number of Topliss-reactive ketones (excluding diaryl/α,β-unsaturated/α-hetero) is 1. The van der Waals surface area contributed by atoms with Gasteiger partial charge >= 0.3 is 0 Å². The van der Waals surface area contributed by atoms with Gasteiger partial charge in [-0.15, -0.1) is 0 Å². The lowest BCUT2D eigenvalue weighted by Gasteiger charge is -2.22. The van der Waals surface area contributed by atoms with Crippen molar-refractivity contribution in [2.45, 2.75) is 32.9 Å². The highest BCUT2D eigenvalue weighted by atomic mass is 16.5. The van der Waals surface area contributed by atoms with Gasteiger partial charge in [0.1, 0.15) is 12.7 Å². The molecule has 0 aliphatic carbocycles. The fourth-order valence-electron chi connectivity index (χ4n) is 2.05. The van der Waals surface area contributed by atoms with Gasteiger partial charge in [-0.3, -0.25) is 4.79 Å². The van der Waals surface area contributed by atoms with Crippen molar-refractivity contribution in [3.63, 3.8) is 0 Å². The van der Waals surface area contributed by atoms with Gasteiger partial charge in [0.25, 0.3) is 0 Å². The summed E-state index contributed by atoms with van der Waals surface area (Å²) >= 11 is 0. The van der Waals surface area contributed by atoms with Crippen LogP contribution in [0.2, 0.25) is 0 Å². The molecule has 0 spiro atoms. The van der Waals surface area contributed by atoms with Crippen LogP contribution in [0, 0.1) is 5.92 Å². The first kappa shape index (κ1) is 15.5. The van der Waals surface area contributed by atoms with Gasteiger partial charge in [0.05, 0.1) is 0 Å². The molecular weight excluding hydrogens is 270 g/mol. The van der Waals surface area contributed by atoms with Crippen LogP contribution in [-0.2, 0) is 0 Å². The molecule has 2 unspecified atom stereocenters. The Labute approximate surface area is 123 Å². The van der Waals surface area contributed by atoms with Crippen LogP contribution in [0.15, 0.2) is 28.7 Å². The summed E-state index contributed by atoms with van der Waals surface area (Å²) in [7, 11) is 0. The maximum Gasteiger partial charge on any atom is 0.194 e. The van der Waals surface area contributed by atoms with Crippen molar-refractivity contribution in [3.8, 4) is 5.75 Å². The number of rotatable bonds is 6. The average molecular weight is 291 g/mol. The summed E-state index contributed by atoms with van der Waals surface area (Å²) < 4.78 is 11.1. The zero-order chi connectivity index (χ0) is 15.6. The van der Waals surface area contributed by atoms with Gasteiger partial charge in [0, 0.05) is 18.4 Å². The molecule has 1 aromatic carbocycles. The van der Waals surface area contributed by atoms with Crippen molar-refractivity contribution in [2.75, 3.05) is 6.61 Å². The van der Waals surface area contributed by atoms with Crippen molar-refractivity contribution < 1.29 is 19.1 Å². The fraction of sp³-hybridized carbons (Fsp3) is 0.438. The smallest absolute Gasteiger partial charge is 0.194 e. The number of furan rings is 1. The molecule has 0 aliphatic heterocycles. The number of aliphatic hydroxyl groups excluding tert-OH is 1. The average Bonchev–Trinajstić information content (AvgIpc) is 2.88. The Kier molecular flexibility index (Phi) is 4.65. The van der Waals surface area contributed by atoms with E-state index in [-0.39, 0.29) is 24.3 Å². The summed E-state index contributed by atoms with van der Waals surface area (Å²) in [5.41, 5.74) is 6.39. The molecule has 1 aromatic heterocycles. The van der Waals surface area contributed by atoms with Crippen molar-refractivity contribution in [1.82, 2.24) is 0 Å². The first-order chi connectivity index (χ1) is 9.90. The number of benzene rings is 1. The van der Waals surface area contributed by atoms with Crippen molar-refractivity contribution in [2.24, 2.45) is 11.7 Å². The minimum absolute atomic E-state index is 0.0779. The highest BCUT2D eigenvalue weighted by Gasteiger charge is 2.20. The molecule has 0 aliphatic rings. The number of hydrogen-bond donors (Lipinski definition) is 2. The van der Waals surface area contributed by atoms with E-state index in [1.165, 1.54) is 6.92 Å². The maximum absolute atomic E-state index is 11.4. The van der Waals surface area contributed by atoms with Crippen LogP contribution in [0.4, 0.5) is 0 Å². The molecule has 2 rings (SSSR count). The molecule has 1 heterocycles. The van der Waals surface area contributed by atoms with Crippen molar-refractivity contribution in [1.29, 1.82) is 0 Å². The highest BCUT2D eigenvalue weighted by molar-refractivity contribution is 5.97. The third kappa shape index (κ3) is 3.43. The number of aliphatic hydroxyl groups is 1. The highest BCUT2D eigenvalue weighted by Crippen LogP contribution is 2.29. The van der Waals surface area contributed by atoms with E-state index < -0.39 is 6.10 Å². The molecule has 2 aromatic rings. The molecule has 0 saturated carbocycles. The lowest BCUT2D eigenvalue weighted by Crippen LogP contribution is -2.42. The standard InChI is InChI=1S/C16H21NO4/c1-9(2)15(17)12(19)8-20-13-6-4-5-11-7-14(10(3)18)21-16(11)13/h4-7,9,12,15,19H,8,17H2,1-3H3. The summed E-state index contributed by atoms with van der Waals surface area (Å²) in [6.07, 6.45) is -0.762. The Bertz CT molecular complexity index is 632. The van der Waals surface area contributed by atoms with Crippen molar-refractivity contribution in [3.05, 3.63) is 30.0 Å². The molecular formula is C16H21NO4. The summed E-state index contributed by atoms with van der Waals surface area (Å²) in [4.78, 5) is 11.4. The van der Waals surface area contributed by atoms with Gasteiger partial charge in [-0.25, -0.2) is 0 Å². The first-order valence-electron chi connectivity index (χ1n) is 7.00. The van der Waals surface area contributed by atoms with Gasteiger partial charge in [-0.1, -0.05) is 26.0 Å². The lowest BCUT2D eigenvalue weighted by molar-refractivity contribution is 0.0717. The van der Waals surface area contributed by atoms with Crippen LogP contribution in [0.1, 0.15) is 31.3 Å². The molecule has 0 bridgehead atoms. The number of ether oxygens (including phenoxy) is 1. The largest absolute Gasteiger partial charge is 0.487 e. The molecule has 114 valence electrons. The maximum atomic E-state index is 11.4. The van der Waals surface area contributed by atoms with Crippen molar-refractivity contribution >= 4 is 16.8 Å². The molecule has 0 radical (unpaired) electrons. The summed E-state index contributed by atoms with van der Waals surface area (Å²) in [5.74, 6) is 0.807. The Morgan fingerprint density at radius 3 is 2.76 bits per heavy atom. The molecule has 21 heavy (non-hydrogen) atoms. The van der Waals surface area contributed by atoms with Crippen LogP contribution in [0.5, 0.6) is 5.75 Å². The number of para-hydroxylation sites is 1. The minimum atomic E-state index is -0.762. The summed E-state index contributed by atoms with van der Waals surface area (Å²) in [6.45, 7) is 5.42. The Hall–Kier alpha value is -1.85. The van der Waals surface area contributed by atoms with E-state index in [1.54, 1.807) is 12.1 Å². The Morgan fingerprint density at radius 2 is 2.14 bits per heavy atom. The molecule has 5 heteroatoms. The molecule has 0 amide bonds. The SMILES string of the molecule is CC(=O)c1cc2cccc(OCC(O)C(N)C(C)C)c2o1. The lowest BCUT2D eigenvalue weighted by atomic mass is 10.0. The van der Waals surface area contributed by atoms with E-state index in [9.17, 15) is 9.90 Å². The van der Waals surface area contributed by atoms with E-state index in [2.05, 4.69) is 0 Å². The van der Waals surface area contributed by atoms with E-state index in [4.69, 9.17) is 14.9 Å². The fourth-order valence-corrected chi connectivity index (χ4v) is 2.05. The van der Waals surface area contributed by atoms with Gasteiger partial charge in [-0.2, -0.15) is 0 Å². The predicted molar refractivity (Wildman–Crippen MR) is 80.5 cm³/mol. The van der Waals surface area contributed by atoms with Crippen LogP contribution in [0.25, 0.3) is 11.0 Å². The van der Waals surface area contributed by atoms with E-state index in [0.29, 0.717) is 17.1 Å². The van der Waals surface area contributed by atoms with Gasteiger partial charge in [0.15, 0.2) is 22.9 Å². The number of carbonyl (C=O) groups is 1. The third-order valence-corrected chi connectivity index (χ3v) is 3.48. The van der Waals surface area contributed by atoms with Gasteiger partial charge < -0.3 is 20.0 Å². The second kappa shape index (κ2) is 6.28. The molecule has 5 nitrogen and oxygen atoms in total. The summed E-state index contributed by atoms with van der Waals surface area (Å²) in [6, 6.07) is 6.72. The number of hydrogen-bond acceptors (Lipinski definition) is 5. The summed E-state index contributed by atoms with van der Waals surface area (Å²) in [5, 5.41) is 10.8. The Morgan fingerprint density at radius 1 is 1.43 bits per heavy atom. The number of fused-ring (bicyclic) bond motifs is 1. The van der Waals surface area contributed by atoms with E-state index in [1.807, 2.05) is 26.0 Å². The predicted octanol–water partition coefficient (Wildman–Crippen LogP) is 2.36. The monoisotopic (exact) mass is 291 g/mol.